The molecule has 0 amide bonds. The summed E-state index contributed by atoms with van der Waals surface area (Å²) in [7, 11) is 1.68. The van der Waals surface area contributed by atoms with Crippen LogP contribution in [0, 0.1) is 0 Å². The molecule has 24 heavy (non-hydrogen) atoms. The molecule has 0 aromatic heterocycles. The molecule has 1 aliphatic rings. The van der Waals surface area contributed by atoms with Crippen molar-refractivity contribution in [2.75, 3.05) is 39.9 Å². The summed E-state index contributed by atoms with van der Waals surface area (Å²) < 4.78 is 11.1. The number of halogens is 2. The van der Waals surface area contributed by atoms with Gasteiger partial charge in [0.05, 0.1) is 13.7 Å². The second-order valence-corrected chi connectivity index (χ2v) is 5.51. The van der Waals surface area contributed by atoms with E-state index in [0.29, 0.717) is 12.6 Å². The second kappa shape index (κ2) is 12.4. The highest BCUT2D eigenvalue weighted by Crippen LogP contribution is 2.34. The lowest BCUT2D eigenvalue weighted by Crippen LogP contribution is -2.45. The number of allylic oxidation sites excluding steroid dienone is 1. The maximum atomic E-state index is 5.73. The third-order valence-corrected chi connectivity index (χ3v) is 4.11. The van der Waals surface area contributed by atoms with Crippen molar-refractivity contribution in [1.82, 2.24) is 10.2 Å². The van der Waals surface area contributed by atoms with Crippen molar-refractivity contribution in [1.29, 1.82) is 0 Å². The Kier molecular flexibility index (Phi) is 11.9. The third kappa shape index (κ3) is 6.17. The average molecular weight is 377 g/mol. The molecule has 1 atom stereocenters. The van der Waals surface area contributed by atoms with Gasteiger partial charge in [0.25, 0.3) is 0 Å². The van der Waals surface area contributed by atoms with Crippen LogP contribution in [0.2, 0.25) is 0 Å². The molecule has 1 aromatic rings. The molecular weight excluding hydrogens is 347 g/mol. The summed E-state index contributed by atoms with van der Waals surface area (Å²) in [4.78, 5) is 2.55. The number of piperazine rings is 1. The van der Waals surface area contributed by atoms with Crippen LogP contribution >= 0.6 is 24.8 Å². The average Bonchev–Trinajstić information content (AvgIpc) is 2.57. The molecule has 1 heterocycles. The molecule has 1 N–H and O–H groups in total. The summed E-state index contributed by atoms with van der Waals surface area (Å²) in [5.41, 5.74) is 1.30. The normalized spacial score (nSPS) is 15.6. The van der Waals surface area contributed by atoms with E-state index in [1.54, 1.807) is 7.11 Å². The van der Waals surface area contributed by atoms with Gasteiger partial charge in [0, 0.05) is 32.2 Å². The number of nitrogens with zero attached hydrogens (tertiary/aromatic N) is 1. The fraction of sp³-hybridized carbons (Fsp3) is 0.556. The first-order valence-electron chi connectivity index (χ1n) is 8.16. The first kappa shape index (κ1) is 23.1. The van der Waals surface area contributed by atoms with Gasteiger partial charge < -0.3 is 14.8 Å². The van der Waals surface area contributed by atoms with Crippen LogP contribution in [0.5, 0.6) is 11.5 Å². The van der Waals surface area contributed by atoms with Crippen LogP contribution in [-0.2, 0) is 0 Å². The Labute approximate surface area is 158 Å². The predicted octanol–water partition coefficient (Wildman–Crippen LogP) is 3.85. The second-order valence-electron chi connectivity index (χ2n) is 5.51. The molecule has 1 aliphatic heterocycles. The Bertz CT molecular complexity index is 480. The van der Waals surface area contributed by atoms with Gasteiger partial charge in [-0.1, -0.05) is 12.1 Å². The number of ether oxygens (including phenoxy) is 2. The predicted molar refractivity (Wildman–Crippen MR) is 105 cm³/mol. The number of hydrogen-bond donors (Lipinski definition) is 1. The maximum absolute atomic E-state index is 5.73. The maximum Gasteiger partial charge on any atom is 0.161 e. The molecule has 1 fully saturated rings. The van der Waals surface area contributed by atoms with Crippen LogP contribution < -0.4 is 14.8 Å². The van der Waals surface area contributed by atoms with Crippen molar-refractivity contribution in [2.24, 2.45) is 0 Å². The van der Waals surface area contributed by atoms with Gasteiger partial charge in [0.2, 0.25) is 0 Å². The van der Waals surface area contributed by atoms with E-state index in [2.05, 4.69) is 28.9 Å². The van der Waals surface area contributed by atoms with Crippen LogP contribution in [0.3, 0.4) is 0 Å². The lowest BCUT2D eigenvalue weighted by Gasteiger charge is -2.35. The van der Waals surface area contributed by atoms with E-state index in [9.17, 15) is 0 Å². The third-order valence-electron chi connectivity index (χ3n) is 4.11. The minimum atomic E-state index is 0. The monoisotopic (exact) mass is 376 g/mol. The fourth-order valence-electron chi connectivity index (χ4n) is 3.00. The molecular formula is C18H30Cl2N2O2. The van der Waals surface area contributed by atoms with E-state index in [-0.39, 0.29) is 24.8 Å². The van der Waals surface area contributed by atoms with Gasteiger partial charge in [0.15, 0.2) is 11.5 Å². The van der Waals surface area contributed by atoms with Gasteiger partial charge in [-0.15, -0.1) is 31.4 Å². The summed E-state index contributed by atoms with van der Waals surface area (Å²) in [6.07, 6.45) is 4.11. The lowest BCUT2D eigenvalue weighted by atomic mass is 9.99. The van der Waals surface area contributed by atoms with Gasteiger partial charge in [0.1, 0.15) is 0 Å². The van der Waals surface area contributed by atoms with Crippen molar-refractivity contribution >= 4 is 24.8 Å². The van der Waals surface area contributed by atoms with E-state index >= 15 is 0 Å². The number of hydrogen-bond acceptors (Lipinski definition) is 4. The standard InChI is InChI=1S/C18H28N2O2.2ClH/c1-4-6-7-16(20-12-10-19-11-13-20)15-8-9-17(21-3)18(14-15)22-5-2;;/h4,8-9,14,16,19H,1,5-7,10-13H2,2-3H3;2*1H/t16-;;/m0../s1. The van der Waals surface area contributed by atoms with Crippen LogP contribution in [0.15, 0.2) is 30.9 Å². The summed E-state index contributed by atoms with van der Waals surface area (Å²) >= 11 is 0. The molecule has 0 spiro atoms. The molecule has 0 saturated carbocycles. The van der Waals surface area contributed by atoms with E-state index in [1.165, 1.54) is 5.56 Å². The largest absolute Gasteiger partial charge is 0.493 e. The number of rotatable bonds is 8. The van der Waals surface area contributed by atoms with Gasteiger partial charge in [-0.25, -0.2) is 0 Å². The summed E-state index contributed by atoms with van der Waals surface area (Å²) in [5, 5.41) is 3.42. The van der Waals surface area contributed by atoms with Crippen LogP contribution in [0.25, 0.3) is 0 Å². The number of methoxy groups -OCH3 is 1. The Morgan fingerprint density at radius 3 is 2.54 bits per heavy atom. The van der Waals surface area contributed by atoms with Gasteiger partial charge in [-0.3, -0.25) is 4.90 Å². The molecule has 1 aromatic carbocycles. The molecule has 4 nitrogen and oxygen atoms in total. The minimum Gasteiger partial charge on any atom is -0.493 e. The zero-order valence-corrected chi connectivity index (χ0v) is 16.3. The highest BCUT2D eigenvalue weighted by molar-refractivity contribution is 5.85. The summed E-state index contributed by atoms with van der Waals surface area (Å²) in [6.45, 7) is 10.8. The molecule has 0 radical (unpaired) electrons. The topological polar surface area (TPSA) is 33.7 Å². The van der Waals surface area contributed by atoms with Crippen molar-refractivity contribution in [3.8, 4) is 11.5 Å². The molecule has 2 rings (SSSR count). The van der Waals surface area contributed by atoms with Crippen molar-refractivity contribution in [3.05, 3.63) is 36.4 Å². The first-order chi connectivity index (χ1) is 10.8. The number of benzene rings is 1. The quantitative estimate of drug-likeness (QED) is 0.698. The Morgan fingerprint density at radius 2 is 1.96 bits per heavy atom. The minimum absolute atomic E-state index is 0. The van der Waals surface area contributed by atoms with Crippen molar-refractivity contribution < 1.29 is 9.47 Å². The molecule has 6 heteroatoms. The van der Waals surface area contributed by atoms with E-state index in [0.717, 1.165) is 50.5 Å². The zero-order valence-electron chi connectivity index (χ0n) is 14.6. The number of nitrogens with one attached hydrogen (secondary N) is 1. The zero-order chi connectivity index (χ0) is 15.8. The van der Waals surface area contributed by atoms with Gasteiger partial charge in [-0.05, 0) is 37.5 Å². The van der Waals surface area contributed by atoms with E-state index in [1.807, 2.05) is 19.1 Å². The van der Waals surface area contributed by atoms with Crippen molar-refractivity contribution in [3.63, 3.8) is 0 Å². The Morgan fingerprint density at radius 1 is 1.25 bits per heavy atom. The Hall–Kier alpha value is -0.940. The van der Waals surface area contributed by atoms with Gasteiger partial charge >= 0.3 is 0 Å². The highest BCUT2D eigenvalue weighted by Gasteiger charge is 2.22. The summed E-state index contributed by atoms with van der Waals surface area (Å²) in [6, 6.07) is 6.73. The van der Waals surface area contributed by atoms with Crippen molar-refractivity contribution in [2.45, 2.75) is 25.8 Å². The fourth-order valence-corrected chi connectivity index (χ4v) is 3.00. The molecule has 1 saturated heterocycles. The van der Waals surface area contributed by atoms with Crippen LogP contribution in [-0.4, -0.2) is 44.8 Å². The Balaban J connectivity index is 0.00000264. The first-order valence-corrected chi connectivity index (χ1v) is 8.16. The van der Waals surface area contributed by atoms with Crippen LogP contribution in [0.1, 0.15) is 31.4 Å². The van der Waals surface area contributed by atoms with Crippen LogP contribution in [0.4, 0.5) is 0 Å². The molecule has 0 aliphatic carbocycles. The van der Waals surface area contributed by atoms with E-state index in [4.69, 9.17) is 9.47 Å². The van der Waals surface area contributed by atoms with Gasteiger partial charge in [-0.2, -0.15) is 0 Å². The summed E-state index contributed by atoms with van der Waals surface area (Å²) in [5.74, 6) is 1.63. The lowest BCUT2D eigenvalue weighted by molar-refractivity contribution is 0.165. The highest BCUT2D eigenvalue weighted by atomic mass is 35.5. The molecule has 138 valence electrons. The van der Waals surface area contributed by atoms with E-state index < -0.39 is 0 Å². The smallest absolute Gasteiger partial charge is 0.161 e. The SMILES string of the molecule is C=CCC[C@@H](c1ccc(OC)c(OCC)c1)N1CCNCC1.Cl.Cl. The molecule has 0 unspecified atom stereocenters. The molecule has 0 bridgehead atoms.